The van der Waals surface area contributed by atoms with Crippen LogP contribution >= 0.6 is 12.4 Å². The molecule has 6 nitrogen and oxygen atoms in total. The van der Waals surface area contributed by atoms with Gasteiger partial charge in [-0.1, -0.05) is 12.1 Å². The van der Waals surface area contributed by atoms with Crippen LogP contribution in [0.3, 0.4) is 0 Å². The average Bonchev–Trinajstić information content (AvgIpc) is 2.26. The fourth-order valence-corrected chi connectivity index (χ4v) is 1.31. The highest BCUT2D eigenvalue weighted by Crippen LogP contribution is 2.14. The average molecular weight is 261 g/mol. The number of rotatable bonds is 5. The Kier molecular flexibility index (Phi) is 6.16. The Bertz CT molecular complexity index is 394. The fraction of sp³-hybridized carbons (Fsp3) is 0.300. The highest BCUT2D eigenvalue weighted by Gasteiger charge is 2.16. The van der Waals surface area contributed by atoms with E-state index >= 15 is 0 Å². The van der Waals surface area contributed by atoms with Crippen molar-refractivity contribution in [1.29, 1.82) is 0 Å². The zero-order valence-electron chi connectivity index (χ0n) is 8.91. The quantitative estimate of drug-likeness (QED) is 0.611. The first-order valence-corrected chi connectivity index (χ1v) is 4.70. The monoisotopic (exact) mass is 260 g/mol. The smallest absolute Gasteiger partial charge is 0.308 e. The molecule has 0 saturated carbocycles. The number of non-ortho nitro benzene ring substituents is 1. The summed E-state index contributed by atoms with van der Waals surface area (Å²) < 4.78 is 0. The van der Waals surface area contributed by atoms with E-state index < -0.39 is 16.8 Å². The second kappa shape index (κ2) is 6.82. The van der Waals surface area contributed by atoms with Gasteiger partial charge in [-0.05, 0) is 12.0 Å². The maximum absolute atomic E-state index is 10.7. The molecule has 0 saturated heterocycles. The molecule has 0 unspecified atom stereocenters. The van der Waals surface area contributed by atoms with E-state index in [4.69, 9.17) is 10.8 Å². The highest BCUT2D eigenvalue weighted by molar-refractivity contribution is 5.85. The topological polar surface area (TPSA) is 106 Å². The van der Waals surface area contributed by atoms with Crippen LogP contribution in [0, 0.1) is 16.0 Å². The number of carboxylic acid groups (broad SMARTS) is 1. The van der Waals surface area contributed by atoms with Crippen LogP contribution in [0.15, 0.2) is 24.3 Å². The third-order valence-electron chi connectivity index (χ3n) is 2.26. The first-order valence-electron chi connectivity index (χ1n) is 4.70. The number of nitrogens with zero attached hydrogens (tertiary/aromatic N) is 1. The van der Waals surface area contributed by atoms with Gasteiger partial charge in [-0.15, -0.1) is 12.4 Å². The van der Waals surface area contributed by atoms with Gasteiger partial charge in [0, 0.05) is 18.7 Å². The minimum atomic E-state index is -0.958. The number of nitro groups is 1. The number of benzene rings is 1. The van der Waals surface area contributed by atoms with E-state index in [9.17, 15) is 14.9 Å². The Labute approximate surface area is 104 Å². The lowest BCUT2D eigenvalue weighted by atomic mass is 9.99. The summed E-state index contributed by atoms with van der Waals surface area (Å²) >= 11 is 0. The summed E-state index contributed by atoms with van der Waals surface area (Å²) in [7, 11) is 0. The molecule has 94 valence electrons. The van der Waals surface area contributed by atoms with Gasteiger partial charge >= 0.3 is 5.97 Å². The van der Waals surface area contributed by atoms with Crippen molar-refractivity contribution >= 4 is 24.1 Å². The zero-order valence-corrected chi connectivity index (χ0v) is 9.72. The minimum Gasteiger partial charge on any atom is -0.481 e. The molecule has 1 aromatic rings. The summed E-state index contributed by atoms with van der Waals surface area (Å²) in [6.07, 6.45) is 0.282. The standard InChI is InChI=1S/C10H12N2O4.ClH/c11-6-8(10(13)14)5-7-1-3-9(4-2-7)12(15)16;/h1-4,8H,5-6,11H2,(H,13,14);1H/t8-;/m0./s1. The summed E-state index contributed by atoms with van der Waals surface area (Å²) in [5.41, 5.74) is 6.03. The SMILES string of the molecule is Cl.NC[C@H](Cc1ccc([N+](=O)[O-])cc1)C(=O)O. The number of carboxylic acids is 1. The van der Waals surface area contributed by atoms with Gasteiger partial charge in [-0.25, -0.2) is 0 Å². The number of hydrogen-bond acceptors (Lipinski definition) is 4. The van der Waals surface area contributed by atoms with Crippen LogP contribution in [0.25, 0.3) is 0 Å². The van der Waals surface area contributed by atoms with Gasteiger partial charge in [0.2, 0.25) is 0 Å². The maximum Gasteiger partial charge on any atom is 0.308 e. The molecule has 0 bridgehead atoms. The Balaban J connectivity index is 0.00000256. The molecular weight excluding hydrogens is 248 g/mol. The summed E-state index contributed by atoms with van der Waals surface area (Å²) in [5, 5.41) is 19.2. The first kappa shape index (κ1) is 15.3. The summed E-state index contributed by atoms with van der Waals surface area (Å²) in [6.45, 7) is 0.0479. The van der Waals surface area contributed by atoms with Crippen LogP contribution in [0.4, 0.5) is 5.69 Å². The minimum absolute atomic E-state index is 0. The van der Waals surface area contributed by atoms with E-state index in [1.54, 1.807) is 12.1 Å². The first-order chi connectivity index (χ1) is 7.54. The van der Waals surface area contributed by atoms with Gasteiger partial charge in [0.05, 0.1) is 10.8 Å². The van der Waals surface area contributed by atoms with Crippen molar-refractivity contribution in [2.75, 3.05) is 6.54 Å². The lowest BCUT2D eigenvalue weighted by Gasteiger charge is -2.08. The van der Waals surface area contributed by atoms with E-state index in [0.29, 0.717) is 0 Å². The summed E-state index contributed by atoms with van der Waals surface area (Å²) in [6, 6.07) is 5.79. The second-order valence-electron chi connectivity index (χ2n) is 3.40. The second-order valence-corrected chi connectivity index (χ2v) is 3.40. The third-order valence-corrected chi connectivity index (χ3v) is 2.26. The van der Waals surface area contributed by atoms with Crippen molar-refractivity contribution in [3.8, 4) is 0 Å². The van der Waals surface area contributed by atoms with Gasteiger partial charge in [-0.3, -0.25) is 14.9 Å². The van der Waals surface area contributed by atoms with Crippen molar-refractivity contribution in [1.82, 2.24) is 0 Å². The van der Waals surface area contributed by atoms with Crippen LogP contribution in [-0.4, -0.2) is 22.5 Å². The normalized spacial score (nSPS) is 11.4. The Hall–Kier alpha value is -1.66. The van der Waals surface area contributed by atoms with Gasteiger partial charge in [0.15, 0.2) is 0 Å². The molecule has 1 aromatic carbocycles. The van der Waals surface area contributed by atoms with Gasteiger partial charge in [-0.2, -0.15) is 0 Å². The van der Waals surface area contributed by atoms with Crippen LogP contribution < -0.4 is 5.73 Å². The Morgan fingerprint density at radius 2 is 1.94 bits per heavy atom. The highest BCUT2D eigenvalue weighted by atomic mass is 35.5. The molecule has 1 atom stereocenters. The van der Waals surface area contributed by atoms with E-state index in [2.05, 4.69) is 0 Å². The lowest BCUT2D eigenvalue weighted by Crippen LogP contribution is -2.25. The molecule has 0 heterocycles. The molecule has 1 rings (SSSR count). The molecule has 3 N–H and O–H groups in total. The number of halogens is 1. The maximum atomic E-state index is 10.7. The van der Waals surface area contributed by atoms with E-state index in [0.717, 1.165) is 5.56 Å². The summed E-state index contributed by atoms with van der Waals surface area (Å²) in [4.78, 5) is 20.6. The Morgan fingerprint density at radius 1 is 1.41 bits per heavy atom. The number of hydrogen-bond donors (Lipinski definition) is 2. The molecular formula is C10H13ClN2O4. The van der Waals surface area contributed by atoms with E-state index in [1.165, 1.54) is 12.1 Å². The predicted octanol–water partition coefficient (Wildman–Crippen LogP) is 1.22. The van der Waals surface area contributed by atoms with Crippen LogP contribution in [0.2, 0.25) is 0 Å². The third kappa shape index (κ3) is 4.38. The molecule has 17 heavy (non-hydrogen) atoms. The van der Waals surface area contributed by atoms with E-state index in [-0.39, 0.29) is 31.1 Å². The van der Waals surface area contributed by atoms with Crippen molar-refractivity contribution in [2.45, 2.75) is 6.42 Å². The molecule has 0 amide bonds. The van der Waals surface area contributed by atoms with Crippen LogP contribution in [0.1, 0.15) is 5.56 Å². The van der Waals surface area contributed by atoms with Crippen LogP contribution in [-0.2, 0) is 11.2 Å². The fourth-order valence-electron chi connectivity index (χ4n) is 1.31. The number of carbonyl (C=O) groups is 1. The van der Waals surface area contributed by atoms with Crippen molar-refractivity contribution in [3.63, 3.8) is 0 Å². The number of nitro benzene ring substituents is 1. The largest absolute Gasteiger partial charge is 0.481 e. The van der Waals surface area contributed by atoms with Crippen molar-refractivity contribution in [2.24, 2.45) is 11.7 Å². The number of aliphatic carboxylic acids is 1. The molecule has 0 aliphatic heterocycles. The molecule has 0 fully saturated rings. The Morgan fingerprint density at radius 3 is 2.29 bits per heavy atom. The van der Waals surface area contributed by atoms with Crippen molar-refractivity contribution < 1.29 is 14.8 Å². The molecule has 0 spiro atoms. The molecule has 0 radical (unpaired) electrons. The number of nitrogens with two attached hydrogens (primary N) is 1. The predicted molar refractivity (Wildman–Crippen MR) is 64.2 cm³/mol. The van der Waals surface area contributed by atoms with Gasteiger partial charge in [0.25, 0.3) is 5.69 Å². The molecule has 0 aromatic heterocycles. The van der Waals surface area contributed by atoms with E-state index in [1.807, 2.05) is 0 Å². The van der Waals surface area contributed by atoms with Gasteiger partial charge in [0.1, 0.15) is 0 Å². The van der Waals surface area contributed by atoms with Crippen molar-refractivity contribution in [3.05, 3.63) is 39.9 Å². The molecule has 7 heteroatoms. The van der Waals surface area contributed by atoms with Crippen LogP contribution in [0.5, 0.6) is 0 Å². The lowest BCUT2D eigenvalue weighted by molar-refractivity contribution is -0.384. The van der Waals surface area contributed by atoms with Gasteiger partial charge < -0.3 is 10.8 Å². The summed E-state index contributed by atoms with van der Waals surface area (Å²) in [5.74, 6) is -1.61. The zero-order chi connectivity index (χ0) is 12.1. The molecule has 0 aliphatic carbocycles. The molecule has 0 aliphatic rings.